The zero-order chi connectivity index (χ0) is 18.4. The summed E-state index contributed by atoms with van der Waals surface area (Å²) in [5, 5.41) is 6.42. The highest BCUT2D eigenvalue weighted by Gasteiger charge is 2.29. The van der Waals surface area contributed by atoms with Crippen LogP contribution >= 0.6 is 12.4 Å². The molecule has 2 heterocycles. The Labute approximate surface area is 168 Å². The van der Waals surface area contributed by atoms with Crippen LogP contribution in [0.2, 0.25) is 0 Å². The van der Waals surface area contributed by atoms with Crippen molar-refractivity contribution in [1.82, 2.24) is 10.2 Å². The second kappa shape index (κ2) is 10.7. The topological polar surface area (TPSA) is 61.4 Å². The smallest absolute Gasteiger partial charge is 0.227 e. The summed E-state index contributed by atoms with van der Waals surface area (Å²) < 4.78 is 0. The van der Waals surface area contributed by atoms with E-state index in [-0.39, 0.29) is 30.1 Å². The first-order valence-corrected chi connectivity index (χ1v) is 9.98. The van der Waals surface area contributed by atoms with Gasteiger partial charge in [0.2, 0.25) is 11.8 Å². The molecule has 1 aromatic carbocycles. The Morgan fingerprint density at radius 1 is 1.19 bits per heavy atom. The van der Waals surface area contributed by atoms with Gasteiger partial charge in [-0.1, -0.05) is 25.1 Å². The molecule has 0 aromatic heterocycles. The van der Waals surface area contributed by atoms with Gasteiger partial charge in [-0.25, -0.2) is 0 Å². The average Bonchev–Trinajstić information content (AvgIpc) is 2.69. The third-order valence-electron chi connectivity index (χ3n) is 5.90. The summed E-state index contributed by atoms with van der Waals surface area (Å²) in [6, 6.07) is 9.57. The van der Waals surface area contributed by atoms with Crippen LogP contribution in [-0.4, -0.2) is 42.9 Å². The molecule has 2 saturated heterocycles. The molecule has 2 fully saturated rings. The first-order valence-electron chi connectivity index (χ1n) is 9.98. The van der Waals surface area contributed by atoms with E-state index >= 15 is 0 Å². The lowest BCUT2D eigenvalue weighted by Crippen LogP contribution is -2.43. The maximum absolute atomic E-state index is 12.6. The summed E-state index contributed by atoms with van der Waals surface area (Å²) in [7, 11) is 0. The Bertz CT molecular complexity index is 597. The third kappa shape index (κ3) is 6.22. The van der Waals surface area contributed by atoms with E-state index in [2.05, 4.69) is 17.6 Å². The summed E-state index contributed by atoms with van der Waals surface area (Å²) in [5.74, 6) is 1.37. The molecule has 2 amide bonds. The predicted octanol–water partition coefficient (Wildman–Crippen LogP) is 3.31. The van der Waals surface area contributed by atoms with Gasteiger partial charge in [0.25, 0.3) is 0 Å². The zero-order valence-electron chi connectivity index (χ0n) is 16.2. The van der Waals surface area contributed by atoms with E-state index in [0.717, 1.165) is 31.6 Å². The van der Waals surface area contributed by atoms with Crippen LogP contribution in [0.1, 0.15) is 39.0 Å². The van der Waals surface area contributed by atoms with Crippen molar-refractivity contribution < 1.29 is 9.59 Å². The van der Waals surface area contributed by atoms with E-state index in [1.165, 1.54) is 12.8 Å². The largest absolute Gasteiger partial charge is 0.343 e. The van der Waals surface area contributed by atoms with Crippen LogP contribution < -0.4 is 10.6 Å². The Balaban J connectivity index is 0.00000261. The Morgan fingerprint density at radius 2 is 1.89 bits per heavy atom. The van der Waals surface area contributed by atoms with Crippen molar-refractivity contribution in [2.24, 2.45) is 17.8 Å². The maximum atomic E-state index is 12.6. The lowest BCUT2D eigenvalue weighted by Gasteiger charge is -2.34. The molecule has 2 unspecified atom stereocenters. The SMILES string of the molecule is CC(CC(=O)N1CCC(C(=O)Nc2ccccc2)CC1)C1CCCNC1.Cl. The zero-order valence-corrected chi connectivity index (χ0v) is 17.0. The molecule has 2 N–H and O–H groups in total. The molecule has 27 heavy (non-hydrogen) atoms. The Morgan fingerprint density at radius 3 is 2.52 bits per heavy atom. The van der Waals surface area contributed by atoms with Crippen molar-refractivity contribution >= 4 is 29.9 Å². The van der Waals surface area contributed by atoms with Gasteiger partial charge in [-0.3, -0.25) is 9.59 Å². The van der Waals surface area contributed by atoms with E-state index in [0.29, 0.717) is 31.3 Å². The van der Waals surface area contributed by atoms with Gasteiger partial charge in [-0.2, -0.15) is 0 Å². The monoisotopic (exact) mass is 393 g/mol. The molecular weight excluding hydrogens is 362 g/mol. The molecule has 0 aliphatic carbocycles. The summed E-state index contributed by atoms with van der Waals surface area (Å²) >= 11 is 0. The fourth-order valence-electron chi connectivity index (χ4n) is 4.09. The molecule has 2 atom stereocenters. The van der Waals surface area contributed by atoms with Crippen LogP contribution in [-0.2, 0) is 9.59 Å². The van der Waals surface area contributed by atoms with E-state index in [1.807, 2.05) is 35.2 Å². The minimum atomic E-state index is -0.000718. The molecule has 0 radical (unpaired) electrons. The van der Waals surface area contributed by atoms with Crippen molar-refractivity contribution in [3.63, 3.8) is 0 Å². The minimum absolute atomic E-state index is 0. The quantitative estimate of drug-likeness (QED) is 0.806. The van der Waals surface area contributed by atoms with Gasteiger partial charge in [-0.05, 0) is 62.7 Å². The van der Waals surface area contributed by atoms with Crippen LogP contribution in [0.4, 0.5) is 5.69 Å². The van der Waals surface area contributed by atoms with Gasteiger partial charge in [0.15, 0.2) is 0 Å². The van der Waals surface area contributed by atoms with Crippen LogP contribution in [0.25, 0.3) is 0 Å². The van der Waals surface area contributed by atoms with Crippen molar-refractivity contribution in [2.45, 2.75) is 39.0 Å². The Kier molecular flexibility index (Phi) is 8.58. The molecule has 0 spiro atoms. The van der Waals surface area contributed by atoms with Crippen LogP contribution in [0, 0.1) is 17.8 Å². The highest BCUT2D eigenvalue weighted by Crippen LogP contribution is 2.25. The average molecular weight is 394 g/mol. The number of carbonyl (C=O) groups excluding carboxylic acids is 2. The molecule has 5 nitrogen and oxygen atoms in total. The second-order valence-corrected chi connectivity index (χ2v) is 7.80. The van der Waals surface area contributed by atoms with Gasteiger partial charge >= 0.3 is 0 Å². The van der Waals surface area contributed by atoms with Gasteiger partial charge < -0.3 is 15.5 Å². The maximum Gasteiger partial charge on any atom is 0.227 e. The standard InChI is InChI=1S/C21H31N3O2.ClH/c1-16(18-6-5-11-22-15-18)14-20(25)24-12-9-17(10-13-24)21(26)23-19-7-3-2-4-8-19;/h2-4,7-8,16-18,22H,5-6,9-15H2,1H3,(H,23,26);1H. The van der Waals surface area contributed by atoms with Gasteiger partial charge in [0.05, 0.1) is 0 Å². The molecule has 0 bridgehead atoms. The number of nitrogens with zero attached hydrogens (tertiary/aromatic N) is 1. The fourth-order valence-corrected chi connectivity index (χ4v) is 4.09. The van der Waals surface area contributed by atoms with Crippen molar-refractivity contribution in [2.75, 3.05) is 31.5 Å². The molecule has 150 valence electrons. The second-order valence-electron chi connectivity index (χ2n) is 7.80. The predicted molar refractivity (Wildman–Crippen MR) is 111 cm³/mol. The number of anilines is 1. The number of hydrogen-bond donors (Lipinski definition) is 2. The summed E-state index contributed by atoms with van der Waals surface area (Å²) in [6.07, 6.45) is 4.58. The number of nitrogens with one attached hydrogen (secondary N) is 2. The summed E-state index contributed by atoms with van der Waals surface area (Å²) in [5.41, 5.74) is 0.839. The van der Waals surface area contributed by atoms with Crippen molar-refractivity contribution in [3.8, 4) is 0 Å². The number of halogens is 1. The van der Waals surface area contributed by atoms with Crippen LogP contribution in [0.15, 0.2) is 30.3 Å². The Hall–Kier alpha value is -1.59. The summed E-state index contributed by atoms with van der Waals surface area (Å²) in [4.78, 5) is 27.0. The van der Waals surface area contributed by atoms with E-state index in [4.69, 9.17) is 0 Å². The molecule has 2 aliphatic heterocycles. The third-order valence-corrected chi connectivity index (χ3v) is 5.90. The van der Waals surface area contributed by atoms with E-state index in [1.54, 1.807) is 0 Å². The van der Waals surface area contributed by atoms with E-state index < -0.39 is 0 Å². The highest BCUT2D eigenvalue weighted by atomic mass is 35.5. The number of carbonyl (C=O) groups is 2. The molecule has 3 rings (SSSR count). The fraction of sp³-hybridized carbons (Fsp3) is 0.619. The van der Waals surface area contributed by atoms with Crippen molar-refractivity contribution in [3.05, 3.63) is 30.3 Å². The van der Waals surface area contributed by atoms with Gasteiger partial charge in [0, 0.05) is 31.1 Å². The minimum Gasteiger partial charge on any atom is -0.343 e. The number of para-hydroxylation sites is 1. The number of amides is 2. The molecule has 6 heteroatoms. The normalized spacial score (nSPS) is 21.8. The molecule has 2 aliphatic rings. The van der Waals surface area contributed by atoms with Crippen molar-refractivity contribution in [1.29, 1.82) is 0 Å². The highest BCUT2D eigenvalue weighted by molar-refractivity contribution is 5.92. The molecule has 1 aromatic rings. The lowest BCUT2D eigenvalue weighted by atomic mass is 9.85. The first kappa shape index (κ1) is 21.7. The number of piperidine rings is 2. The lowest BCUT2D eigenvalue weighted by molar-refractivity contribution is -0.135. The number of benzene rings is 1. The van der Waals surface area contributed by atoms with Crippen LogP contribution in [0.3, 0.4) is 0 Å². The number of likely N-dealkylation sites (tertiary alicyclic amines) is 1. The molecular formula is C21H32ClN3O2. The number of rotatable bonds is 5. The summed E-state index contributed by atoms with van der Waals surface area (Å²) in [6.45, 7) is 5.74. The molecule has 0 saturated carbocycles. The van der Waals surface area contributed by atoms with Gasteiger partial charge in [0.1, 0.15) is 0 Å². The van der Waals surface area contributed by atoms with Crippen LogP contribution in [0.5, 0.6) is 0 Å². The number of hydrogen-bond acceptors (Lipinski definition) is 3. The van der Waals surface area contributed by atoms with E-state index in [9.17, 15) is 9.59 Å². The van der Waals surface area contributed by atoms with Gasteiger partial charge in [-0.15, -0.1) is 12.4 Å². The first-order chi connectivity index (χ1) is 12.6.